The van der Waals surface area contributed by atoms with E-state index in [1.54, 1.807) is 17.5 Å². The molecule has 0 fully saturated rings. The molecule has 2 aliphatic heterocycles. The second kappa shape index (κ2) is 7.31. The van der Waals surface area contributed by atoms with Crippen LogP contribution in [0.3, 0.4) is 0 Å². The molecule has 6 heterocycles. The van der Waals surface area contributed by atoms with Gasteiger partial charge < -0.3 is 14.5 Å². The monoisotopic (exact) mass is 482 g/mol. The third-order valence-electron chi connectivity index (χ3n) is 6.55. The number of aromatic nitrogens is 6. The number of nitrogens with one attached hydrogen (secondary N) is 2. The van der Waals surface area contributed by atoms with E-state index < -0.39 is 11.8 Å². The molecule has 0 saturated carbocycles. The summed E-state index contributed by atoms with van der Waals surface area (Å²) >= 11 is 1.55. The smallest absolute Gasteiger partial charge is 0.261 e. The van der Waals surface area contributed by atoms with Crippen LogP contribution in [0.15, 0.2) is 41.9 Å². The second-order valence-electron chi connectivity index (χ2n) is 8.52. The van der Waals surface area contributed by atoms with Crippen molar-refractivity contribution in [1.82, 2.24) is 35.0 Å². The average molecular weight is 483 g/mol. The zero-order valence-electron chi connectivity index (χ0n) is 18.6. The van der Waals surface area contributed by atoms with E-state index in [9.17, 15) is 9.59 Å². The number of nitrogens with zero attached hydrogens (tertiary/aromatic N) is 6. The van der Waals surface area contributed by atoms with Gasteiger partial charge in [-0.25, -0.2) is 9.97 Å². The van der Waals surface area contributed by atoms with Gasteiger partial charge in [0.15, 0.2) is 5.82 Å². The zero-order chi connectivity index (χ0) is 23.7. The Balaban J connectivity index is 1.45. The first-order valence-corrected chi connectivity index (χ1v) is 12.0. The Labute approximate surface area is 202 Å². The maximum atomic E-state index is 13.2. The Hall–Kier alpha value is -4.38. The third-order valence-corrected chi connectivity index (χ3v) is 7.40. The Morgan fingerprint density at radius 3 is 2.74 bits per heavy atom. The molecule has 0 aliphatic carbocycles. The molecule has 11 heteroatoms. The van der Waals surface area contributed by atoms with E-state index >= 15 is 0 Å². The highest BCUT2D eigenvalue weighted by molar-refractivity contribution is 7.16. The number of H-pyrrole nitrogens is 1. The molecule has 0 unspecified atom stereocenters. The maximum Gasteiger partial charge on any atom is 0.261 e. The van der Waals surface area contributed by atoms with E-state index in [2.05, 4.69) is 25.1 Å². The van der Waals surface area contributed by atoms with Crippen LogP contribution in [0.2, 0.25) is 0 Å². The first-order valence-electron chi connectivity index (χ1n) is 11.1. The summed E-state index contributed by atoms with van der Waals surface area (Å²) in [6, 6.07) is 9.49. The lowest BCUT2D eigenvalue weighted by Crippen LogP contribution is -2.35. The molecule has 1 aromatic carbocycles. The standard InChI is InChI=1S/C24H18N8O2S/c1-12-29-30-17-11-31(7-8-32(12)17)24-26-16-5-3-2-4-14(16)20(27-24)19-18(21(33)28-22(19)34)15-10-25-23-13(15)6-9-35-23/h2-6,9-10,25H,7-8,11H2,1H3,(H,28,33,34). The topological polar surface area (TPSA) is 122 Å². The van der Waals surface area contributed by atoms with E-state index in [0.29, 0.717) is 53.3 Å². The van der Waals surface area contributed by atoms with Crippen molar-refractivity contribution in [3.05, 3.63) is 64.8 Å². The summed E-state index contributed by atoms with van der Waals surface area (Å²) < 4.78 is 2.08. The fourth-order valence-electron chi connectivity index (χ4n) is 4.86. The largest absolute Gasteiger partial charge is 0.352 e. The molecule has 0 bridgehead atoms. The Kier molecular flexibility index (Phi) is 4.18. The molecular formula is C24H18N8O2S. The second-order valence-corrected chi connectivity index (χ2v) is 9.44. The minimum atomic E-state index is -0.460. The first kappa shape index (κ1) is 20.0. The Morgan fingerprint density at radius 1 is 0.971 bits per heavy atom. The highest BCUT2D eigenvalue weighted by Gasteiger charge is 2.36. The van der Waals surface area contributed by atoms with Gasteiger partial charge in [-0.15, -0.1) is 21.5 Å². The number of carbonyl (C=O) groups is 2. The molecule has 2 amide bonds. The van der Waals surface area contributed by atoms with Gasteiger partial charge in [-0.1, -0.05) is 18.2 Å². The van der Waals surface area contributed by atoms with E-state index in [1.165, 1.54) is 0 Å². The van der Waals surface area contributed by atoms with Crippen molar-refractivity contribution in [1.29, 1.82) is 0 Å². The summed E-state index contributed by atoms with van der Waals surface area (Å²) in [5.41, 5.74) is 2.41. The van der Waals surface area contributed by atoms with Crippen LogP contribution >= 0.6 is 11.3 Å². The van der Waals surface area contributed by atoms with Gasteiger partial charge in [0, 0.05) is 35.6 Å². The van der Waals surface area contributed by atoms with Crippen LogP contribution < -0.4 is 10.2 Å². The summed E-state index contributed by atoms with van der Waals surface area (Å²) in [6.45, 7) is 3.83. The lowest BCUT2D eigenvalue weighted by Gasteiger charge is -2.28. The van der Waals surface area contributed by atoms with Gasteiger partial charge in [-0.3, -0.25) is 14.9 Å². The predicted molar refractivity (Wildman–Crippen MR) is 131 cm³/mol. The number of para-hydroxylation sites is 1. The van der Waals surface area contributed by atoms with Crippen molar-refractivity contribution in [2.75, 3.05) is 11.4 Å². The molecule has 2 aliphatic rings. The minimum Gasteiger partial charge on any atom is -0.352 e. The molecule has 0 saturated heterocycles. The molecule has 10 nitrogen and oxygen atoms in total. The number of aryl methyl sites for hydroxylation is 1. The number of amides is 2. The van der Waals surface area contributed by atoms with E-state index in [4.69, 9.17) is 9.97 Å². The van der Waals surface area contributed by atoms with Gasteiger partial charge in [0.1, 0.15) is 10.7 Å². The number of benzene rings is 1. The number of aromatic amines is 1. The summed E-state index contributed by atoms with van der Waals surface area (Å²) in [5.74, 6) is 1.32. The van der Waals surface area contributed by atoms with Crippen LogP contribution in [0.25, 0.3) is 32.3 Å². The Morgan fingerprint density at radius 2 is 1.83 bits per heavy atom. The SMILES string of the molecule is Cc1nnc2n1CCN(c1nc(C3=C(c4c[nH]c5sccc45)C(=O)NC3=O)c3ccccc3n1)C2. The molecule has 5 aromatic rings. The van der Waals surface area contributed by atoms with Gasteiger partial charge in [0.2, 0.25) is 5.95 Å². The van der Waals surface area contributed by atoms with Crippen molar-refractivity contribution < 1.29 is 9.59 Å². The van der Waals surface area contributed by atoms with Crippen molar-refractivity contribution in [3.63, 3.8) is 0 Å². The van der Waals surface area contributed by atoms with Crippen LogP contribution in [-0.4, -0.2) is 48.1 Å². The summed E-state index contributed by atoms with van der Waals surface area (Å²) in [5, 5.41) is 14.5. The number of imide groups is 1. The van der Waals surface area contributed by atoms with Crippen molar-refractivity contribution >= 4 is 61.4 Å². The number of hydrogen-bond donors (Lipinski definition) is 2. The molecule has 4 aromatic heterocycles. The van der Waals surface area contributed by atoms with Crippen molar-refractivity contribution in [2.24, 2.45) is 0 Å². The number of hydrogen-bond acceptors (Lipinski definition) is 8. The molecular weight excluding hydrogens is 464 g/mol. The van der Waals surface area contributed by atoms with E-state index in [1.807, 2.05) is 47.5 Å². The molecule has 0 spiro atoms. The number of fused-ring (bicyclic) bond motifs is 3. The molecule has 35 heavy (non-hydrogen) atoms. The van der Waals surface area contributed by atoms with Crippen LogP contribution in [0, 0.1) is 6.92 Å². The molecule has 0 radical (unpaired) electrons. The number of thiophene rings is 1. The third kappa shape index (κ3) is 2.94. The van der Waals surface area contributed by atoms with Crippen LogP contribution in [-0.2, 0) is 22.7 Å². The van der Waals surface area contributed by atoms with Gasteiger partial charge in [-0.05, 0) is 24.4 Å². The van der Waals surface area contributed by atoms with Crippen molar-refractivity contribution in [2.45, 2.75) is 20.0 Å². The maximum absolute atomic E-state index is 13.2. The van der Waals surface area contributed by atoms with Gasteiger partial charge in [0.05, 0.1) is 28.9 Å². The predicted octanol–water partition coefficient (Wildman–Crippen LogP) is 2.66. The summed E-state index contributed by atoms with van der Waals surface area (Å²) in [4.78, 5) is 42.0. The lowest BCUT2D eigenvalue weighted by atomic mass is 9.97. The number of rotatable bonds is 3. The summed E-state index contributed by atoms with van der Waals surface area (Å²) in [7, 11) is 0. The molecule has 172 valence electrons. The van der Waals surface area contributed by atoms with Crippen molar-refractivity contribution in [3.8, 4) is 0 Å². The Bertz CT molecular complexity index is 1730. The van der Waals surface area contributed by atoms with Crippen LogP contribution in [0.4, 0.5) is 5.95 Å². The average Bonchev–Trinajstić information content (AvgIpc) is 3.63. The first-order chi connectivity index (χ1) is 17.1. The van der Waals surface area contributed by atoms with E-state index in [0.717, 1.165) is 21.9 Å². The fraction of sp³-hybridized carbons (Fsp3) is 0.167. The minimum absolute atomic E-state index is 0.262. The fourth-order valence-corrected chi connectivity index (χ4v) is 5.64. The lowest BCUT2D eigenvalue weighted by molar-refractivity contribution is -0.122. The normalized spacial score (nSPS) is 16.0. The van der Waals surface area contributed by atoms with Gasteiger partial charge in [0.25, 0.3) is 11.8 Å². The number of carbonyl (C=O) groups excluding carboxylic acids is 2. The quantitative estimate of drug-likeness (QED) is 0.379. The van der Waals surface area contributed by atoms with Gasteiger partial charge >= 0.3 is 0 Å². The zero-order valence-corrected chi connectivity index (χ0v) is 19.4. The van der Waals surface area contributed by atoms with E-state index in [-0.39, 0.29) is 5.57 Å². The van der Waals surface area contributed by atoms with Gasteiger partial charge in [-0.2, -0.15) is 0 Å². The molecule has 2 N–H and O–H groups in total. The highest BCUT2D eigenvalue weighted by atomic mass is 32.1. The molecule has 7 rings (SSSR count). The summed E-state index contributed by atoms with van der Waals surface area (Å²) in [6.07, 6.45) is 1.78. The molecule has 0 atom stereocenters. The van der Waals surface area contributed by atoms with Crippen LogP contribution in [0.5, 0.6) is 0 Å². The highest BCUT2D eigenvalue weighted by Crippen LogP contribution is 2.38. The number of anilines is 1. The van der Waals surface area contributed by atoms with Crippen LogP contribution in [0.1, 0.15) is 22.9 Å².